The van der Waals surface area contributed by atoms with Crippen LogP contribution >= 0.6 is 0 Å². The Labute approximate surface area is 129 Å². The average molecular weight is 300 g/mol. The predicted octanol–water partition coefficient (Wildman–Crippen LogP) is 2.56. The molecular weight excluding hydrogens is 280 g/mol. The van der Waals surface area contributed by atoms with Gasteiger partial charge in [-0.1, -0.05) is 18.2 Å². The van der Waals surface area contributed by atoms with Crippen molar-refractivity contribution in [1.29, 1.82) is 0 Å². The SMILES string of the molecule is O=C(CC[C@@H]1CCCCO1)Nc1nncn1-c1ccccc1. The number of anilines is 1. The number of hydrogen-bond acceptors (Lipinski definition) is 4. The minimum absolute atomic E-state index is 0.0562. The van der Waals surface area contributed by atoms with Crippen LogP contribution in [0.5, 0.6) is 0 Å². The zero-order valence-corrected chi connectivity index (χ0v) is 12.4. The van der Waals surface area contributed by atoms with Gasteiger partial charge in [0.2, 0.25) is 11.9 Å². The highest BCUT2D eigenvalue weighted by Crippen LogP contribution is 2.18. The van der Waals surface area contributed by atoms with Gasteiger partial charge in [0.25, 0.3) is 0 Å². The van der Waals surface area contributed by atoms with Gasteiger partial charge in [0.1, 0.15) is 6.33 Å². The quantitative estimate of drug-likeness (QED) is 0.921. The third-order valence-corrected chi connectivity index (χ3v) is 3.80. The maximum atomic E-state index is 12.1. The zero-order chi connectivity index (χ0) is 15.2. The second-order valence-electron chi connectivity index (χ2n) is 5.44. The first-order valence-electron chi connectivity index (χ1n) is 7.70. The molecule has 116 valence electrons. The molecule has 6 heteroatoms. The summed E-state index contributed by atoms with van der Waals surface area (Å²) in [5.41, 5.74) is 0.915. The van der Waals surface area contributed by atoms with Gasteiger partial charge in [-0.25, -0.2) is 0 Å². The molecule has 1 aliphatic heterocycles. The van der Waals surface area contributed by atoms with Crippen LogP contribution in [-0.4, -0.2) is 33.4 Å². The first kappa shape index (κ1) is 14.7. The van der Waals surface area contributed by atoms with Crippen LogP contribution in [0.15, 0.2) is 36.7 Å². The Kier molecular flexibility index (Phi) is 4.80. The number of ether oxygens (including phenoxy) is 1. The third-order valence-electron chi connectivity index (χ3n) is 3.80. The minimum Gasteiger partial charge on any atom is -0.378 e. The minimum atomic E-state index is -0.0562. The van der Waals surface area contributed by atoms with E-state index in [0.29, 0.717) is 12.4 Å². The Morgan fingerprint density at radius 2 is 2.18 bits per heavy atom. The molecule has 0 aliphatic carbocycles. The summed E-state index contributed by atoms with van der Waals surface area (Å²) >= 11 is 0. The molecule has 1 saturated heterocycles. The van der Waals surface area contributed by atoms with E-state index in [1.54, 1.807) is 10.9 Å². The standard InChI is InChI=1S/C16H20N4O2/c21-15(10-9-14-8-4-5-11-22-14)18-16-19-17-12-20(16)13-6-2-1-3-7-13/h1-3,6-7,12,14H,4-5,8-11H2,(H,18,19,21)/t14-/m0/s1. The van der Waals surface area contributed by atoms with E-state index >= 15 is 0 Å². The number of benzene rings is 1. The second kappa shape index (κ2) is 7.17. The van der Waals surface area contributed by atoms with Gasteiger partial charge in [-0.2, -0.15) is 0 Å². The molecule has 1 fully saturated rings. The van der Waals surface area contributed by atoms with Crippen LogP contribution in [0, 0.1) is 0 Å². The summed E-state index contributed by atoms with van der Waals surface area (Å²) < 4.78 is 7.40. The number of rotatable bonds is 5. The maximum absolute atomic E-state index is 12.1. The lowest BCUT2D eigenvalue weighted by Gasteiger charge is -2.22. The summed E-state index contributed by atoms with van der Waals surface area (Å²) in [6.45, 7) is 0.814. The Balaban J connectivity index is 1.57. The number of amides is 1. The number of nitrogens with one attached hydrogen (secondary N) is 1. The van der Waals surface area contributed by atoms with Gasteiger partial charge in [0, 0.05) is 13.0 Å². The fraction of sp³-hybridized carbons (Fsp3) is 0.438. The molecule has 0 saturated carbocycles. The molecule has 22 heavy (non-hydrogen) atoms. The van der Waals surface area contributed by atoms with Gasteiger partial charge >= 0.3 is 0 Å². The topological polar surface area (TPSA) is 69.0 Å². The predicted molar refractivity (Wildman–Crippen MR) is 82.8 cm³/mol. The summed E-state index contributed by atoms with van der Waals surface area (Å²) in [6.07, 6.45) is 6.36. The van der Waals surface area contributed by atoms with Gasteiger partial charge in [0.05, 0.1) is 11.8 Å². The van der Waals surface area contributed by atoms with Crippen molar-refractivity contribution >= 4 is 11.9 Å². The fourth-order valence-corrected chi connectivity index (χ4v) is 2.61. The zero-order valence-electron chi connectivity index (χ0n) is 12.4. The molecule has 2 heterocycles. The van der Waals surface area contributed by atoms with Crippen LogP contribution in [0.25, 0.3) is 5.69 Å². The number of carbonyl (C=O) groups excluding carboxylic acids is 1. The largest absolute Gasteiger partial charge is 0.378 e. The van der Waals surface area contributed by atoms with Gasteiger partial charge in [-0.05, 0) is 37.8 Å². The van der Waals surface area contributed by atoms with Crippen LogP contribution in [0.4, 0.5) is 5.95 Å². The Morgan fingerprint density at radius 1 is 1.32 bits per heavy atom. The van der Waals surface area contributed by atoms with E-state index in [-0.39, 0.29) is 12.0 Å². The first-order valence-corrected chi connectivity index (χ1v) is 7.70. The molecule has 1 aromatic heterocycles. The molecule has 0 spiro atoms. The second-order valence-corrected chi connectivity index (χ2v) is 5.44. The van der Waals surface area contributed by atoms with Crippen LogP contribution in [0.2, 0.25) is 0 Å². The van der Waals surface area contributed by atoms with Gasteiger partial charge in [-0.15, -0.1) is 10.2 Å². The van der Waals surface area contributed by atoms with Crippen molar-refractivity contribution in [3.05, 3.63) is 36.7 Å². The molecule has 3 rings (SSSR count). The number of carbonyl (C=O) groups is 1. The lowest BCUT2D eigenvalue weighted by atomic mass is 10.0. The van der Waals surface area contributed by atoms with E-state index in [9.17, 15) is 4.79 Å². The van der Waals surface area contributed by atoms with Crippen molar-refractivity contribution < 1.29 is 9.53 Å². The normalized spacial score (nSPS) is 18.1. The third kappa shape index (κ3) is 3.71. The molecule has 1 amide bonds. The average Bonchev–Trinajstić information content (AvgIpc) is 3.03. The summed E-state index contributed by atoms with van der Waals surface area (Å²) in [6, 6.07) is 9.68. The molecule has 2 aromatic rings. The molecule has 1 N–H and O–H groups in total. The van der Waals surface area contributed by atoms with E-state index in [2.05, 4.69) is 15.5 Å². The monoisotopic (exact) mass is 300 g/mol. The van der Waals surface area contributed by atoms with E-state index < -0.39 is 0 Å². The molecule has 0 unspecified atom stereocenters. The summed E-state index contributed by atoms with van der Waals surface area (Å²) in [5, 5.41) is 10.7. The van der Waals surface area contributed by atoms with Crippen molar-refractivity contribution in [2.45, 2.75) is 38.2 Å². The van der Waals surface area contributed by atoms with E-state index in [1.807, 2.05) is 30.3 Å². The van der Waals surface area contributed by atoms with Crippen LogP contribution in [-0.2, 0) is 9.53 Å². The van der Waals surface area contributed by atoms with Crippen molar-refractivity contribution in [1.82, 2.24) is 14.8 Å². The number of para-hydroxylation sites is 1. The Bertz CT molecular complexity index is 606. The molecule has 6 nitrogen and oxygen atoms in total. The number of aromatic nitrogens is 3. The lowest BCUT2D eigenvalue weighted by Crippen LogP contribution is -2.22. The van der Waals surface area contributed by atoms with Crippen molar-refractivity contribution in [3.8, 4) is 5.69 Å². The van der Waals surface area contributed by atoms with Crippen molar-refractivity contribution in [2.75, 3.05) is 11.9 Å². The molecule has 1 aliphatic rings. The van der Waals surface area contributed by atoms with Crippen LogP contribution in [0.1, 0.15) is 32.1 Å². The molecule has 0 radical (unpaired) electrons. The molecular formula is C16H20N4O2. The highest BCUT2D eigenvalue weighted by molar-refractivity contribution is 5.89. The van der Waals surface area contributed by atoms with Crippen molar-refractivity contribution in [2.24, 2.45) is 0 Å². The molecule has 0 bridgehead atoms. The van der Waals surface area contributed by atoms with Crippen molar-refractivity contribution in [3.63, 3.8) is 0 Å². The summed E-state index contributed by atoms with van der Waals surface area (Å²) in [4.78, 5) is 12.1. The van der Waals surface area contributed by atoms with Crippen LogP contribution < -0.4 is 5.32 Å². The molecule has 1 atom stereocenters. The highest BCUT2D eigenvalue weighted by Gasteiger charge is 2.16. The van der Waals surface area contributed by atoms with E-state index in [0.717, 1.165) is 31.6 Å². The summed E-state index contributed by atoms with van der Waals surface area (Å²) in [5.74, 6) is 0.389. The maximum Gasteiger partial charge on any atom is 0.235 e. The summed E-state index contributed by atoms with van der Waals surface area (Å²) in [7, 11) is 0. The van der Waals surface area contributed by atoms with Gasteiger partial charge in [0.15, 0.2) is 0 Å². The van der Waals surface area contributed by atoms with Gasteiger partial charge in [-0.3, -0.25) is 14.7 Å². The number of nitrogens with zero attached hydrogens (tertiary/aromatic N) is 3. The van der Waals surface area contributed by atoms with Crippen LogP contribution in [0.3, 0.4) is 0 Å². The number of hydrogen-bond donors (Lipinski definition) is 1. The fourth-order valence-electron chi connectivity index (χ4n) is 2.61. The van der Waals surface area contributed by atoms with E-state index in [1.165, 1.54) is 6.42 Å². The highest BCUT2D eigenvalue weighted by atomic mass is 16.5. The molecule has 1 aromatic carbocycles. The smallest absolute Gasteiger partial charge is 0.235 e. The van der Waals surface area contributed by atoms with Gasteiger partial charge < -0.3 is 4.74 Å². The van der Waals surface area contributed by atoms with E-state index in [4.69, 9.17) is 4.74 Å². The lowest BCUT2D eigenvalue weighted by molar-refractivity contribution is -0.117. The Hall–Kier alpha value is -2.21. The first-order chi connectivity index (χ1) is 10.8. The Morgan fingerprint density at radius 3 is 2.95 bits per heavy atom.